The maximum Gasteiger partial charge on any atom is 0.410 e. The van der Waals surface area contributed by atoms with E-state index in [9.17, 15) is 9.59 Å². The zero-order valence-corrected chi connectivity index (χ0v) is 14.8. The fourth-order valence-corrected chi connectivity index (χ4v) is 2.75. The van der Waals surface area contributed by atoms with E-state index in [0.29, 0.717) is 25.9 Å². The van der Waals surface area contributed by atoms with Gasteiger partial charge in [-0.05, 0) is 39.7 Å². The monoisotopic (exact) mass is 321 g/mol. The normalized spacial score (nSPS) is 18.3. The zero-order chi connectivity index (χ0) is 17.2. The average molecular weight is 321 g/mol. The SMILES string of the molecule is CCc1cc(CC(=O)C2CCN(C(=O)OC(C)(C)C)C2)n(C)n1. The minimum atomic E-state index is -0.509. The fraction of sp³-hybridized carbons (Fsp3) is 0.706. The van der Waals surface area contributed by atoms with Crippen molar-refractivity contribution in [1.29, 1.82) is 0 Å². The number of ketones is 1. The Labute approximate surface area is 137 Å². The van der Waals surface area contributed by atoms with Crippen LogP contribution in [0.1, 0.15) is 45.5 Å². The van der Waals surface area contributed by atoms with Crippen molar-refractivity contribution < 1.29 is 14.3 Å². The number of Topliss-reactive ketones (excluding diaryl/α,β-unsaturated/α-hetero) is 1. The van der Waals surface area contributed by atoms with Gasteiger partial charge in [-0.2, -0.15) is 5.10 Å². The molecule has 1 atom stereocenters. The lowest BCUT2D eigenvalue weighted by atomic mass is 9.99. The first-order valence-electron chi connectivity index (χ1n) is 8.22. The molecular weight excluding hydrogens is 294 g/mol. The van der Waals surface area contributed by atoms with Gasteiger partial charge in [-0.1, -0.05) is 6.92 Å². The summed E-state index contributed by atoms with van der Waals surface area (Å²) >= 11 is 0. The van der Waals surface area contributed by atoms with Gasteiger partial charge in [-0.3, -0.25) is 9.48 Å². The van der Waals surface area contributed by atoms with Gasteiger partial charge in [0.2, 0.25) is 0 Å². The number of ether oxygens (including phenoxy) is 1. The van der Waals surface area contributed by atoms with E-state index in [2.05, 4.69) is 5.10 Å². The molecule has 0 aliphatic carbocycles. The Bertz CT molecular complexity index is 586. The Hall–Kier alpha value is -1.85. The van der Waals surface area contributed by atoms with Gasteiger partial charge in [-0.25, -0.2) is 4.79 Å². The summed E-state index contributed by atoms with van der Waals surface area (Å²) in [5, 5.41) is 4.37. The molecule has 1 aromatic heterocycles. The maximum atomic E-state index is 12.5. The van der Waals surface area contributed by atoms with Crippen LogP contribution in [0.4, 0.5) is 4.79 Å². The molecule has 1 unspecified atom stereocenters. The summed E-state index contributed by atoms with van der Waals surface area (Å²) in [5.74, 6) is 0.0595. The van der Waals surface area contributed by atoms with Crippen molar-refractivity contribution in [2.75, 3.05) is 13.1 Å². The van der Waals surface area contributed by atoms with E-state index in [1.165, 1.54) is 0 Å². The summed E-state index contributed by atoms with van der Waals surface area (Å²) < 4.78 is 7.14. The van der Waals surface area contributed by atoms with E-state index in [1.54, 1.807) is 9.58 Å². The van der Waals surface area contributed by atoms with Crippen LogP contribution >= 0.6 is 0 Å². The first kappa shape index (κ1) is 17.5. The van der Waals surface area contributed by atoms with E-state index in [-0.39, 0.29) is 17.8 Å². The molecular formula is C17H27N3O3. The summed E-state index contributed by atoms with van der Waals surface area (Å²) in [6.07, 6.45) is 1.60. The van der Waals surface area contributed by atoms with E-state index in [4.69, 9.17) is 4.74 Å². The number of hydrogen-bond donors (Lipinski definition) is 0. The molecule has 2 heterocycles. The van der Waals surface area contributed by atoms with Gasteiger partial charge in [0.25, 0.3) is 0 Å². The van der Waals surface area contributed by atoms with Gasteiger partial charge in [-0.15, -0.1) is 0 Å². The minimum Gasteiger partial charge on any atom is -0.444 e. The molecule has 1 amide bonds. The summed E-state index contributed by atoms with van der Waals surface area (Å²) in [5.41, 5.74) is 1.42. The van der Waals surface area contributed by atoms with Crippen LogP contribution in [0.25, 0.3) is 0 Å². The molecule has 128 valence electrons. The molecule has 23 heavy (non-hydrogen) atoms. The van der Waals surface area contributed by atoms with Crippen molar-refractivity contribution in [2.24, 2.45) is 13.0 Å². The van der Waals surface area contributed by atoms with Crippen LogP contribution in [0.15, 0.2) is 6.07 Å². The largest absolute Gasteiger partial charge is 0.444 e. The van der Waals surface area contributed by atoms with Gasteiger partial charge >= 0.3 is 6.09 Å². The van der Waals surface area contributed by atoms with Crippen LogP contribution in [-0.2, 0) is 29.4 Å². The number of aryl methyl sites for hydroxylation is 2. The van der Waals surface area contributed by atoms with Crippen molar-refractivity contribution in [3.63, 3.8) is 0 Å². The molecule has 0 N–H and O–H groups in total. The Morgan fingerprint density at radius 3 is 2.65 bits per heavy atom. The van der Waals surface area contributed by atoms with Crippen LogP contribution in [-0.4, -0.2) is 45.2 Å². The third kappa shape index (κ3) is 4.56. The third-order valence-electron chi connectivity index (χ3n) is 4.04. The Morgan fingerprint density at radius 2 is 2.09 bits per heavy atom. The Balaban J connectivity index is 1.92. The van der Waals surface area contributed by atoms with Gasteiger partial charge in [0.1, 0.15) is 11.4 Å². The number of amides is 1. The topological polar surface area (TPSA) is 64.4 Å². The van der Waals surface area contributed by atoms with Crippen LogP contribution < -0.4 is 0 Å². The maximum absolute atomic E-state index is 12.5. The van der Waals surface area contributed by atoms with Crippen molar-refractivity contribution in [3.8, 4) is 0 Å². The van der Waals surface area contributed by atoms with E-state index >= 15 is 0 Å². The van der Waals surface area contributed by atoms with Crippen LogP contribution in [0.3, 0.4) is 0 Å². The average Bonchev–Trinajstić information content (AvgIpc) is 3.04. The summed E-state index contributed by atoms with van der Waals surface area (Å²) in [7, 11) is 1.86. The van der Waals surface area contributed by atoms with Crippen molar-refractivity contribution in [2.45, 2.75) is 52.6 Å². The highest BCUT2D eigenvalue weighted by Crippen LogP contribution is 2.21. The Morgan fingerprint density at radius 1 is 1.39 bits per heavy atom. The van der Waals surface area contributed by atoms with Gasteiger partial charge < -0.3 is 9.64 Å². The van der Waals surface area contributed by atoms with Gasteiger partial charge in [0.05, 0.1) is 5.69 Å². The second kappa shape index (κ2) is 6.72. The summed E-state index contributed by atoms with van der Waals surface area (Å²) in [6, 6.07) is 1.98. The molecule has 0 saturated carbocycles. The lowest BCUT2D eigenvalue weighted by Crippen LogP contribution is -2.36. The zero-order valence-electron chi connectivity index (χ0n) is 14.8. The van der Waals surface area contributed by atoms with Crippen LogP contribution in [0, 0.1) is 5.92 Å². The number of carbonyl (C=O) groups excluding carboxylic acids is 2. The number of carbonyl (C=O) groups is 2. The molecule has 6 nitrogen and oxygen atoms in total. The fourth-order valence-electron chi connectivity index (χ4n) is 2.75. The van der Waals surface area contributed by atoms with Crippen LogP contribution in [0.5, 0.6) is 0 Å². The van der Waals surface area contributed by atoms with Crippen LogP contribution in [0.2, 0.25) is 0 Å². The summed E-state index contributed by atoms with van der Waals surface area (Å²) in [6.45, 7) is 8.61. The number of hydrogen-bond acceptors (Lipinski definition) is 4. The first-order chi connectivity index (χ1) is 10.7. The van der Waals surface area contributed by atoms with Crippen molar-refractivity contribution in [1.82, 2.24) is 14.7 Å². The lowest BCUT2D eigenvalue weighted by Gasteiger charge is -2.24. The third-order valence-corrected chi connectivity index (χ3v) is 4.04. The molecule has 6 heteroatoms. The molecule has 2 rings (SSSR count). The smallest absolute Gasteiger partial charge is 0.410 e. The number of rotatable bonds is 4. The molecule has 0 spiro atoms. The molecule has 0 aromatic carbocycles. The van der Waals surface area contributed by atoms with E-state index in [0.717, 1.165) is 17.8 Å². The first-order valence-corrected chi connectivity index (χ1v) is 8.22. The van der Waals surface area contributed by atoms with E-state index in [1.807, 2.05) is 40.8 Å². The second-order valence-electron chi connectivity index (χ2n) is 7.16. The highest BCUT2D eigenvalue weighted by molar-refractivity contribution is 5.84. The standard InChI is InChI=1S/C17H27N3O3/c1-6-13-9-14(19(5)18-13)10-15(21)12-7-8-20(11-12)16(22)23-17(2,3)4/h9,12H,6-8,10-11H2,1-5H3. The number of likely N-dealkylation sites (tertiary alicyclic amines) is 1. The quantitative estimate of drug-likeness (QED) is 0.854. The van der Waals surface area contributed by atoms with Crippen molar-refractivity contribution >= 4 is 11.9 Å². The number of aromatic nitrogens is 2. The molecule has 1 aliphatic heterocycles. The lowest BCUT2D eigenvalue weighted by molar-refractivity contribution is -0.121. The molecule has 1 saturated heterocycles. The number of nitrogens with zero attached hydrogens (tertiary/aromatic N) is 3. The molecule has 1 aliphatic rings. The van der Waals surface area contributed by atoms with Gasteiger partial charge in [0.15, 0.2) is 0 Å². The highest BCUT2D eigenvalue weighted by Gasteiger charge is 2.33. The molecule has 0 bridgehead atoms. The second-order valence-corrected chi connectivity index (χ2v) is 7.16. The minimum absolute atomic E-state index is 0.109. The molecule has 1 aromatic rings. The Kier molecular flexibility index (Phi) is 5.12. The molecule has 0 radical (unpaired) electrons. The summed E-state index contributed by atoms with van der Waals surface area (Å²) in [4.78, 5) is 26.2. The predicted octanol–water partition coefficient (Wildman–Crippen LogP) is 2.35. The van der Waals surface area contributed by atoms with Crippen molar-refractivity contribution in [3.05, 3.63) is 17.5 Å². The van der Waals surface area contributed by atoms with Gasteiger partial charge in [0, 0.05) is 38.2 Å². The predicted molar refractivity (Wildman–Crippen MR) is 87.2 cm³/mol. The highest BCUT2D eigenvalue weighted by atomic mass is 16.6. The van der Waals surface area contributed by atoms with E-state index < -0.39 is 5.60 Å². The molecule has 1 fully saturated rings.